The van der Waals surface area contributed by atoms with Gasteiger partial charge in [0, 0.05) is 6.54 Å². The third kappa shape index (κ3) is 3.09. The Labute approximate surface area is 94.7 Å². The number of hydrogen-bond acceptors (Lipinski definition) is 3. The molecule has 15 heavy (non-hydrogen) atoms. The molecule has 1 unspecified atom stereocenters. The molecule has 0 saturated carbocycles. The molecule has 2 rings (SSSR count). The molecule has 0 bridgehead atoms. The van der Waals surface area contributed by atoms with E-state index in [2.05, 4.69) is 0 Å². The van der Waals surface area contributed by atoms with Crippen molar-refractivity contribution in [1.29, 1.82) is 0 Å². The first kappa shape index (κ1) is 10.7. The maximum Gasteiger partial charge on any atom is 0.119 e. The van der Waals surface area contributed by atoms with Crippen LogP contribution in [0, 0.1) is 0 Å². The lowest BCUT2D eigenvalue weighted by molar-refractivity contribution is 0.0161. The molecule has 1 aliphatic heterocycles. The van der Waals surface area contributed by atoms with Crippen molar-refractivity contribution in [3.63, 3.8) is 0 Å². The SMILES string of the molecule is ClN1CCOCC1COc1ccccc1. The second-order valence-corrected chi connectivity index (χ2v) is 3.91. The van der Waals surface area contributed by atoms with E-state index < -0.39 is 0 Å². The minimum absolute atomic E-state index is 0.139. The number of hydrogen-bond donors (Lipinski definition) is 0. The van der Waals surface area contributed by atoms with Crippen molar-refractivity contribution in [1.82, 2.24) is 4.42 Å². The van der Waals surface area contributed by atoms with E-state index in [4.69, 9.17) is 21.3 Å². The van der Waals surface area contributed by atoms with Gasteiger partial charge in [-0.3, -0.25) is 0 Å². The van der Waals surface area contributed by atoms with Gasteiger partial charge in [-0.25, -0.2) is 4.42 Å². The van der Waals surface area contributed by atoms with Crippen molar-refractivity contribution >= 4 is 11.8 Å². The van der Waals surface area contributed by atoms with Crippen molar-refractivity contribution in [2.45, 2.75) is 6.04 Å². The number of rotatable bonds is 3. The van der Waals surface area contributed by atoms with Gasteiger partial charge < -0.3 is 9.47 Å². The third-order valence-electron chi connectivity index (χ3n) is 2.34. The van der Waals surface area contributed by atoms with Gasteiger partial charge in [0.05, 0.1) is 19.3 Å². The molecule has 0 aliphatic carbocycles. The van der Waals surface area contributed by atoms with Gasteiger partial charge in [0.1, 0.15) is 12.4 Å². The Morgan fingerprint density at radius 2 is 2.20 bits per heavy atom. The van der Waals surface area contributed by atoms with Crippen LogP contribution in [0.1, 0.15) is 0 Å². The Balaban J connectivity index is 1.82. The Morgan fingerprint density at radius 3 is 2.93 bits per heavy atom. The number of halogens is 1. The van der Waals surface area contributed by atoms with Crippen molar-refractivity contribution < 1.29 is 9.47 Å². The number of para-hydroxylation sites is 1. The van der Waals surface area contributed by atoms with Crippen LogP contribution >= 0.6 is 11.8 Å². The maximum atomic E-state index is 6.02. The van der Waals surface area contributed by atoms with Gasteiger partial charge in [-0.15, -0.1) is 0 Å². The number of morpholine rings is 1. The van der Waals surface area contributed by atoms with Gasteiger partial charge in [0.2, 0.25) is 0 Å². The molecule has 1 heterocycles. The van der Waals surface area contributed by atoms with Crippen LogP contribution in [0.15, 0.2) is 30.3 Å². The van der Waals surface area contributed by atoms with Crippen molar-refractivity contribution in [2.75, 3.05) is 26.4 Å². The van der Waals surface area contributed by atoms with Gasteiger partial charge in [0.25, 0.3) is 0 Å². The highest BCUT2D eigenvalue weighted by molar-refractivity contribution is 6.13. The zero-order valence-electron chi connectivity index (χ0n) is 8.43. The predicted molar refractivity (Wildman–Crippen MR) is 59.1 cm³/mol. The van der Waals surface area contributed by atoms with Crippen LogP contribution in [-0.2, 0) is 4.74 Å². The fourth-order valence-electron chi connectivity index (χ4n) is 1.47. The Bertz CT molecular complexity index is 294. The van der Waals surface area contributed by atoms with E-state index in [0.717, 1.165) is 12.3 Å². The average molecular weight is 228 g/mol. The number of benzene rings is 1. The molecule has 1 atom stereocenters. The molecular weight excluding hydrogens is 214 g/mol. The van der Waals surface area contributed by atoms with E-state index in [0.29, 0.717) is 19.8 Å². The molecule has 1 aliphatic rings. The van der Waals surface area contributed by atoms with E-state index in [1.165, 1.54) is 0 Å². The lowest BCUT2D eigenvalue weighted by Crippen LogP contribution is -2.43. The average Bonchev–Trinajstić information content (AvgIpc) is 2.29. The van der Waals surface area contributed by atoms with Gasteiger partial charge in [0.15, 0.2) is 0 Å². The monoisotopic (exact) mass is 227 g/mol. The quantitative estimate of drug-likeness (QED) is 0.737. The third-order valence-corrected chi connectivity index (χ3v) is 2.79. The van der Waals surface area contributed by atoms with Crippen LogP contribution in [0.5, 0.6) is 5.75 Å². The first-order chi connectivity index (χ1) is 7.36. The number of ether oxygens (including phenoxy) is 2. The highest BCUT2D eigenvalue weighted by Gasteiger charge is 2.21. The van der Waals surface area contributed by atoms with Crippen molar-refractivity contribution in [2.24, 2.45) is 0 Å². The summed E-state index contributed by atoms with van der Waals surface area (Å²) < 4.78 is 12.7. The summed E-state index contributed by atoms with van der Waals surface area (Å²) >= 11 is 6.02. The Hall–Kier alpha value is -0.770. The largest absolute Gasteiger partial charge is 0.492 e. The molecule has 1 saturated heterocycles. The van der Waals surface area contributed by atoms with Crippen LogP contribution in [0.25, 0.3) is 0 Å². The lowest BCUT2D eigenvalue weighted by Gasteiger charge is -2.29. The molecule has 0 spiro atoms. The van der Waals surface area contributed by atoms with Crippen LogP contribution in [0.3, 0.4) is 0 Å². The predicted octanol–water partition coefficient (Wildman–Crippen LogP) is 1.92. The van der Waals surface area contributed by atoms with E-state index in [1.807, 2.05) is 30.3 Å². The fraction of sp³-hybridized carbons (Fsp3) is 0.455. The van der Waals surface area contributed by atoms with Crippen molar-refractivity contribution in [3.05, 3.63) is 30.3 Å². The Morgan fingerprint density at radius 1 is 1.40 bits per heavy atom. The zero-order chi connectivity index (χ0) is 10.5. The molecule has 1 aromatic rings. The lowest BCUT2D eigenvalue weighted by atomic mass is 10.3. The van der Waals surface area contributed by atoms with E-state index in [1.54, 1.807) is 4.42 Å². The van der Waals surface area contributed by atoms with Crippen LogP contribution in [0.4, 0.5) is 0 Å². The zero-order valence-corrected chi connectivity index (χ0v) is 9.19. The molecule has 0 aromatic heterocycles. The topological polar surface area (TPSA) is 21.7 Å². The molecular formula is C11H14ClNO2. The van der Waals surface area contributed by atoms with Gasteiger partial charge >= 0.3 is 0 Å². The minimum Gasteiger partial charge on any atom is -0.492 e. The highest BCUT2D eigenvalue weighted by Crippen LogP contribution is 2.13. The highest BCUT2D eigenvalue weighted by atomic mass is 35.5. The summed E-state index contributed by atoms with van der Waals surface area (Å²) in [7, 11) is 0. The van der Waals surface area contributed by atoms with Gasteiger partial charge in [-0.05, 0) is 23.9 Å². The van der Waals surface area contributed by atoms with Gasteiger partial charge in [-0.1, -0.05) is 18.2 Å². The van der Waals surface area contributed by atoms with Crippen molar-refractivity contribution in [3.8, 4) is 5.75 Å². The maximum absolute atomic E-state index is 6.02. The smallest absolute Gasteiger partial charge is 0.119 e. The Kier molecular flexibility index (Phi) is 3.83. The molecule has 82 valence electrons. The molecule has 1 aromatic carbocycles. The number of nitrogens with zero attached hydrogens (tertiary/aromatic N) is 1. The summed E-state index contributed by atoms with van der Waals surface area (Å²) in [6, 6.07) is 9.87. The second-order valence-electron chi connectivity index (χ2n) is 3.48. The fourth-order valence-corrected chi connectivity index (χ4v) is 1.65. The van der Waals surface area contributed by atoms with E-state index in [9.17, 15) is 0 Å². The summed E-state index contributed by atoms with van der Waals surface area (Å²) in [5, 5.41) is 0. The molecule has 0 amide bonds. The first-order valence-electron chi connectivity index (χ1n) is 5.04. The minimum atomic E-state index is 0.139. The van der Waals surface area contributed by atoms with E-state index >= 15 is 0 Å². The summed E-state index contributed by atoms with van der Waals surface area (Å²) in [6.07, 6.45) is 0. The molecule has 3 nitrogen and oxygen atoms in total. The molecule has 4 heteroatoms. The standard InChI is InChI=1S/C11H14ClNO2/c12-13-6-7-14-8-10(13)9-15-11-4-2-1-3-5-11/h1-5,10H,6-9H2. The molecule has 0 radical (unpaired) electrons. The van der Waals surface area contributed by atoms with Gasteiger partial charge in [-0.2, -0.15) is 0 Å². The summed E-state index contributed by atoms with van der Waals surface area (Å²) in [5.41, 5.74) is 0. The molecule has 0 N–H and O–H groups in total. The summed E-state index contributed by atoms with van der Waals surface area (Å²) in [5.74, 6) is 0.869. The normalized spacial score (nSPS) is 22.6. The summed E-state index contributed by atoms with van der Waals surface area (Å²) in [4.78, 5) is 0. The van der Waals surface area contributed by atoms with Crippen LogP contribution in [0.2, 0.25) is 0 Å². The molecule has 1 fully saturated rings. The van der Waals surface area contributed by atoms with E-state index in [-0.39, 0.29) is 6.04 Å². The summed E-state index contributed by atoms with van der Waals surface area (Å²) in [6.45, 7) is 2.65. The second kappa shape index (κ2) is 5.35. The first-order valence-corrected chi connectivity index (χ1v) is 5.38. The van der Waals surface area contributed by atoms with Crippen LogP contribution in [-0.4, -0.2) is 36.8 Å². The van der Waals surface area contributed by atoms with Crippen LogP contribution < -0.4 is 4.74 Å².